The Morgan fingerprint density at radius 2 is 1.23 bits per heavy atom. The van der Waals surface area contributed by atoms with Crippen molar-refractivity contribution < 1.29 is 0 Å². The summed E-state index contributed by atoms with van der Waals surface area (Å²) in [5.41, 5.74) is 7.06. The van der Waals surface area contributed by atoms with Crippen LogP contribution in [0.5, 0.6) is 0 Å². The molecule has 1 nitrogen and oxygen atoms in total. The molecule has 1 N–H and O–H groups in total. The predicted octanol–water partition coefficient (Wildman–Crippen LogP) is 7.31. The fourth-order valence-electron chi connectivity index (χ4n) is 3.70. The Kier molecular flexibility index (Phi) is 3.55. The van der Waals surface area contributed by atoms with E-state index in [9.17, 15) is 0 Å². The minimum absolute atomic E-state index is 0.742. The molecule has 0 atom stereocenters. The van der Waals surface area contributed by atoms with E-state index in [1.54, 1.807) is 0 Å². The second kappa shape index (κ2) is 6.05. The standard InChI is InChI=1S/C24H16ClN/c25-18-11-12-21-22(15-18)26-24-20(17-9-5-2-6-10-17)14-13-19(23(21)24)16-7-3-1-4-8-16/h1-15,26H. The van der Waals surface area contributed by atoms with E-state index in [2.05, 4.69) is 71.7 Å². The van der Waals surface area contributed by atoms with E-state index in [4.69, 9.17) is 11.6 Å². The Morgan fingerprint density at radius 1 is 0.615 bits per heavy atom. The number of fused-ring (bicyclic) bond motifs is 3. The van der Waals surface area contributed by atoms with Crippen LogP contribution in [-0.4, -0.2) is 4.98 Å². The number of nitrogens with one attached hydrogen (secondary N) is 1. The number of rotatable bonds is 2. The summed E-state index contributed by atoms with van der Waals surface area (Å²) in [7, 11) is 0. The molecule has 0 saturated carbocycles. The highest BCUT2D eigenvalue weighted by Crippen LogP contribution is 2.40. The summed E-state index contributed by atoms with van der Waals surface area (Å²) in [5.74, 6) is 0. The van der Waals surface area contributed by atoms with Gasteiger partial charge in [-0.2, -0.15) is 0 Å². The number of hydrogen-bond acceptors (Lipinski definition) is 0. The van der Waals surface area contributed by atoms with Gasteiger partial charge in [-0.1, -0.05) is 90.5 Å². The Labute approximate surface area is 156 Å². The molecule has 0 radical (unpaired) electrons. The lowest BCUT2D eigenvalue weighted by molar-refractivity contribution is 1.53. The first-order valence-electron chi connectivity index (χ1n) is 8.66. The molecule has 4 aromatic carbocycles. The Bertz CT molecular complexity index is 1220. The Hall–Kier alpha value is -3.03. The van der Waals surface area contributed by atoms with Crippen LogP contribution in [0.15, 0.2) is 91.0 Å². The molecule has 5 aromatic rings. The third kappa shape index (κ3) is 2.40. The van der Waals surface area contributed by atoms with Gasteiger partial charge in [-0.15, -0.1) is 0 Å². The minimum Gasteiger partial charge on any atom is -0.354 e. The average molecular weight is 354 g/mol. The zero-order valence-corrected chi connectivity index (χ0v) is 14.8. The molecule has 0 aliphatic rings. The van der Waals surface area contributed by atoms with Crippen molar-refractivity contribution in [1.29, 1.82) is 0 Å². The fourth-order valence-corrected chi connectivity index (χ4v) is 3.87. The highest BCUT2D eigenvalue weighted by Gasteiger charge is 2.15. The van der Waals surface area contributed by atoms with Crippen molar-refractivity contribution >= 4 is 33.4 Å². The maximum atomic E-state index is 6.24. The lowest BCUT2D eigenvalue weighted by Crippen LogP contribution is -1.84. The van der Waals surface area contributed by atoms with E-state index in [0.29, 0.717) is 0 Å². The topological polar surface area (TPSA) is 15.8 Å². The number of H-pyrrole nitrogens is 1. The molecule has 1 aromatic heterocycles. The van der Waals surface area contributed by atoms with Gasteiger partial charge in [0.05, 0.1) is 5.52 Å². The van der Waals surface area contributed by atoms with Crippen molar-refractivity contribution in [2.45, 2.75) is 0 Å². The lowest BCUT2D eigenvalue weighted by Gasteiger charge is -2.09. The molecule has 0 unspecified atom stereocenters. The summed E-state index contributed by atoms with van der Waals surface area (Å²) in [6.07, 6.45) is 0. The molecular formula is C24H16ClN. The normalized spacial score (nSPS) is 11.3. The lowest BCUT2D eigenvalue weighted by atomic mass is 9.94. The van der Waals surface area contributed by atoms with Crippen LogP contribution in [-0.2, 0) is 0 Å². The van der Waals surface area contributed by atoms with E-state index >= 15 is 0 Å². The molecule has 26 heavy (non-hydrogen) atoms. The van der Waals surface area contributed by atoms with Crippen LogP contribution in [0.3, 0.4) is 0 Å². The third-order valence-electron chi connectivity index (χ3n) is 4.89. The summed E-state index contributed by atoms with van der Waals surface area (Å²) >= 11 is 6.24. The molecule has 0 aliphatic heterocycles. The van der Waals surface area contributed by atoms with Crippen molar-refractivity contribution in [2.75, 3.05) is 0 Å². The maximum absolute atomic E-state index is 6.24. The SMILES string of the molecule is Clc1ccc2c(c1)[nH]c1c(-c3ccccc3)ccc(-c3ccccc3)c12. The number of halogens is 1. The molecule has 5 rings (SSSR count). The highest BCUT2D eigenvalue weighted by molar-refractivity contribution is 6.32. The van der Waals surface area contributed by atoms with Crippen LogP contribution in [0.2, 0.25) is 5.02 Å². The van der Waals surface area contributed by atoms with Gasteiger partial charge in [-0.3, -0.25) is 0 Å². The Morgan fingerprint density at radius 3 is 1.92 bits per heavy atom. The molecule has 2 heteroatoms. The van der Waals surface area contributed by atoms with E-state index < -0.39 is 0 Å². The molecule has 0 fully saturated rings. The van der Waals surface area contributed by atoms with Crippen LogP contribution < -0.4 is 0 Å². The number of aromatic nitrogens is 1. The smallest absolute Gasteiger partial charge is 0.0550 e. The van der Waals surface area contributed by atoms with Gasteiger partial charge in [-0.25, -0.2) is 0 Å². The van der Waals surface area contributed by atoms with Gasteiger partial charge in [0.2, 0.25) is 0 Å². The number of benzene rings is 4. The molecule has 0 saturated heterocycles. The first kappa shape index (κ1) is 15.2. The van der Waals surface area contributed by atoms with E-state index in [0.717, 1.165) is 16.1 Å². The van der Waals surface area contributed by atoms with Crippen molar-refractivity contribution in [3.63, 3.8) is 0 Å². The van der Waals surface area contributed by atoms with E-state index in [1.165, 1.54) is 33.0 Å². The largest absolute Gasteiger partial charge is 0.354 e. The summed E-state index contributed by atoms with van der Waals surface area (Å²) in [5, 5.41) is 3.18. The summed E-state index contributed by atoms with van der Waals surface area (Å²) in [6, 6.07) is 31.5. The van der Waals surface area contributed by atoms with Crippen molar-refractivity contribution in [2.24, 2.45) is 0 Å². The van der Waals surface area contributed by atoms with Gasteiger partial charge >= 0.3 is 0 Å². The predicted molar refractivity (Wildman–Crippen MR) is 112 cm³/mol. The van der Waals surface area contributed by atoms with E-state index in [1.807, 2.05) is 24.3 Å². The summed E-state index contributed by atoms with van der Waals surface area (Å²) < 4.78 is 0. The highest BCUT2D eigenvalue weighted by atomic mass is 35.5. The van der Waals surface area contributed by atoms with Crippen molar-refractivity contribution in [3.8, 4) is 22.3 Å². The molecule has 0 bridgehead atoms. The minimum atomic E-state index is 0.742. The van der Waals surface area contributed by atoms with Crippen molar-refractivity contribution in [1.82, 2.24) is 4.98 Å². The Balaban J connectivity index is 1.92. The van der Waals surface area contributed by atoms with Gasteiger partial charge in [0.25, 0.3) is 0 Å². The maximum Gasteiger partial charge on any atom is 0.0550 e. The van der Waals surface area contributed by atoms with Crippen LogP contribution in [0.4, 0.5) is 0 Å². The average Bonchev–Trinajstić information content (AvgIpc) is 3.07. The summed E-state index contributed by atoms with van der Waals surface area (Å²) in [6.45, 7) is 0. The second-order valence-corrected chi connectivity index (χ2v) is 6.89. The molecule has 0 amide bonds. The quantitative estimate of drug-likeness (QED) is 0.342. The number of aromatic amines is 1. The first-order chi connectivity index (χ1) is 12.8. The third-order valence-corrected chi connectivity index (χ3v) is 5.12. The van der Waals surface area contributed by atoms with Crippen LogP contribution in [0, 0.1) is 0 Å². The second-order valence-electron chi connectivity index (χ2n) is 6.46. The molecule has 1 heterocycles. The van der Waals surface area contributed by atoms with Crippen molar-refractivity contribution in [3.05, 3.63) is 96.0 Å². The summed E-state index contributed by atoms with van der Waals surface area (Å²) in [4.78, 5) is 3.61. The molecular weight excluding hydrogens is 338 g/mol. The zero-order valence-electron chi connectivity index (χ0n) is 14.0. The fraction of sp³-hybridized carbons (Fsp3) is 0. The van der Waals surface area contributed by atoms with Gasteiger partial charge in [-0.05, 0) is 28.8 Å². The van der Waals surface area contributed by atoms with Crippen LogP contribution >= 0.6 is 11.6 Å². The molecule has 0 aliphatic carbocycles. The van der Waals surface area contributed by atoms with Gasteiger partial charge < -0.3 is 4.98 Å². The van der Waals surface area contributed by atoms with Crippen LogP contribution in [0.1, 0.15) is 0 Å². The van der Waals surface area contributed by atoms with Gasteiger partial charge in [0.15, 0.2) is 0 Å². The van der Waals surface area contributed by atoms with Crippen LogP contribution in [0.25, 0.3) is 44.1 Å². The zero-order chi connectivity index (χ0) is 17.5. The molecule has 0 spiro atoms. The van der Waals surface area contributed by atoms with E-state index in [-0.39, 0.29) is 0 Å². The first-order valence-corrected chi connectivity index (χ1v) is 9.04. The number of hydrogen-bond donors (Lipinski definition) is 1. The van der Waals surface area contributed by atoms with Gasteiger partial charge in [0.1, 0.15) is 0 Å². The van der Waals surface area contributed by atoms with Gasteiger partial charge in [0, 0.05) is 26.9 Å². The molecule has 124 valence electrons. The monoisotopic (exact) mass is 353 g/mol.